The lowest BCUT2D eigenvalue weighted by Gasteiger charge is -2.28. The van der Waals surface area contributed by atoms with Crippen molar-refractivity contribution >= 4 is 17.6 Å². The molecular weight excluding hydrogens is 416 g/mol. The molecule has 2 aromatic rings. The molecule has 0 radical (unpaired) electrons. The van der Waals surface area contributed by atoms with Crippen molar-refractivity contribution < 1.29 is 14.4 Å². The zero-order valence-electron chi connectivity index (χ0n) is 20.1. The van der Waals surface area contributed by atoms with E-state index in [1.165, 1.54) is 0 Å². The Kier molecular flexibility index (Phi) is 7.74. The summed E-state index contributed by atoms with van der Waals surface area (Å²) in [7, 11) is 0. The molecule has 3 rings (SSSR count). The number of hydrogen-bond donors (Lipinski definition) is 4. The number of aromatic nitrogens is 1. The van der Waals surface area contributed by atoms with Gasteiger partial charge in [0.1, 0.15) is 11.7 Å². The van der Waals surface area contributed by atoms with Crippen molar-refractivity contribution in [2.24, 2.45) is 11.1 Å². The zero-order chi connectivity index (χ0) is 24.2. The van der Waals surface area contributed by atoms with Crippen LogP contribution in [-0.4, -0.2) is 28.6 Å². The van der Waals surface area contributed by atoms with E-state index in [9.17, 15) is 14.4 Å². The van der Waals surface area contributed by atoms with E-state index in [-0.39, 0.29) is 23.0 Å². The number of Topliss-reactive ketones (excluding diaryl/α,β-unsaturated/α-hetero) is 1. The number of rotatable bonds is 9. The molecule has 0 saturated heterocycles. The van der Waals surface area contributed by atoms with E-state index in [4.69, 9.17) is 5.73 Å². The Bertz CT molecular complexity index is 1020. The van der Waals surface area contributed by atoms with Crippen LogP contribution in [0, 0.1) is 12.3 Å². The van der Waals surface area contributed by atoms with Crippen LogP contribution in [0.4, 0.5) is 0 Å². The Morgan fingerprint density at radius 1 is 1.15 bits per heavy atom. The van der Waals surface area contributed by atoms with Gasteiger partial charge in [-0.2, -0.15) is 0 Å². The molecule has 1 unspecified atom stereocenters. The molecule has 7 nitrogen and oxygen atoms in total. The fourth-order valence-corrected chi connectivity index (χ4v) is 4.47. The summed E-state index contributed by atoms with van der Waals surface area (Å²) in [5, 5.41) is 5.83. The maximum absolute atomic E-state index is 13.1. The second-order valence-electron chi connectivity index (χ2n) is 9.83. The molecule has 7 heteroatoms. The van der Waals surface area contributed by atoms with Crippen molar-refractivity contribution in [1.82, 2.24) is 15.6 Å². The highest BCUT2D eigenvalue weighted by Gasteiger charge is 2.35. The molecule has 0 spiro atoms. The van der Waals surface area contributed by atoms with Gasteiger partial charge in [-0.3, -0.25) is 14.4 Å². The standard InChI is InChI=1S/C26H36N4O3/c1-5-6-7-19(24(32)28-15-18-10-8-17(14-27)9-11-18)30-25(33)23-16(2)22-20(29-23)12-26(3,4)13-21(22)31/h8-11,19,29H,5-7,12-15,27H2,1-4H3,(H,28,32)(H,30,33). The SMILES string of the molecule is CCCCC(NC(=O)c1[nH]c2c(c1C)C(=O)CC(C)(C)C2)C(=O)NCc1ccc(CN)cc1. The van der Waals surface area contributed by atoms with Gasteiger partial charge < -0.3 is 21.4 Å². The summed E-state index contributed by atoms with van der Waals surface area (Å²) in [6.07, 6.45) is 3.46. The first-order chi connectivity index (χ1) is 15.6. The summed E-state index contributed by atoms with van der Waals surface area (Å²) in [6, 6.07) is 7.11. The molecule has 2 amide bonds. The van der Waals surface area contributed by atoms with Crippen molar-refractivity contribution in [2.75, 3.05) is 0 Å². The minimum Gasteiger partial charge on any atom is -0.354 e. The van der Waals surface area contributed by atoms with E-state index < -0.39 is 6.04 Å². The topological polar surface area (TPSA) is 117 Å². The summed E-state index contributed by atoms with van der Waals surface area (Å²) in [6.45, 7) is 8.81. The van der Waals surface area contributed by atoms with Crippen LogP contribution in [0.5, 0.6) is 0 Å². The van der Waals surface area contributed by atoms with Gasteiger partial charge in [0.05, 0.1) is 0 Å². The minimum absolute atomic E-state index is 0.0648. The van der Waals surface area contributed by atoms with Crippen LogP contribution in [0.25, 0.3) is 0 Å². The van der Waals surface area contributed by atoms with Crippen LogP contribution >= 0.6 is 0 Å². The van der Waals surface area contributed by atoms with Crippen molar-refractivity contribution in [1.29, 1.82) is 0 Å². The third-order valence-corrected chi connectivity index (χ3v) is 6.32. The van der Waals surface area contributed by atoms with Crippen LogP contribution in [0.2, 0.25) is 0 Å². The number of amides is 2. The summed E-state index contributed by atoms with van der Waals surface area (Å²) in [5.74, 6) is -0.503. The van der Waals surface area contributed by atoms with Gasteiger partial charge in [0.2, 0.25) is 5.91 Å². The summed E-state index contributed by atoms with van der Waals surface area (Å²) >= 11 is 0. The molecule has 1 aromatic heterocycles. The van der Waals surface area contributed by atoms with E-state index in [0.717, 1.165) is 29.7 Å². The lowest BCUT2D eigenvalue weighted by molar-refractivity contribution is -0.123. The van der Waals surface area contributed by atoms with Crippen molar-refractivity contribution in [2.45, 2.75) is 78.9 Å². The predicted octanol–water partition coefficient (Wildman–Crippen LogP) is 3.54. The Balaban J connectivity index is 1.71. The predicted molar refractivity (Wildman–Crippen MR) is 129 cm³/mol. The highest BCUT2D eigenvalue weighted by Crippen LogP contribution is 2.36. The van der Waals surface area contributed by atoms with Gasteiger partial charge >= 0.3 is 0 Å². The lowest BCUT2D eigenvalue weighted by Crippen LogP contribution is -2.46. The number of hydrogen-bond acceptors (Lipinski definition) is 4. The van der Waals surface area contributed by atoms with E-state index >= 15 is 0 Å². The second kappa shape index (κ2) is 10.3. The molecular formula is C26H36N4O3. The number of unbranched alkanes of at least 4 members (excludes halogenated alkanes) is 1. The van der Waals surface area contributed by atoms with Crippen molar-refractivity contribution in [3.05, 3.63) is 57.9 Å². The summed E-state index contributed by atoms with van der Waals surface area (Å²) in [4.78, 5) is 41.9. The molecule has 0 bridgehead atoms. The monoisotopic (exact) mass is 452 g/mol. The average molecular weight is 453 g/mol. The maximum atomic E-state index is 13.1. The van der Waals surface area contributed by atoms with Crippen LogP contribution in [-0.2, 0) is 24.3 Å². The van der Waals surface area contributed by atoms with Gasteiger partial charge in [0, 0.05) is 30.8 Å². The summed E-state index contributed by atoms with van der Waals surface area (Å²) in [5.41, 5.74) is 9.98. The minimum atomic E-state index is -0.646. The molecule has 1 atom stereocenters. The van der Waals surface area contributed by atoms with E-state index in [0.29, 0.717) is 49.2 Å². The molecule has 0 saturated carbocycles. The number of carbonyl (C=O) groups is 3. The van der Waals surface area contributed by atoms with Gasteiger partial charge in [-0.05, 0) is 41.9 Å². The van der Waals surface area contributed by atoms with Crippen molar-refractivity contribution in [3.63, 3.8) is 0 Å². The van der Waals surface area contributed by atoms with Gasteiger partial charge in [-0.15, -0.1) is 0 Å². The molecule has 0 fully saturated rings. The molecule has 1 aliphatic carbocycles. The number of nitrogens with one attached hydrogen (secondary N) is 3. The fourth-order valence-electron chi connectivity index (χ4n) is 4.47. The Morgan fingerprint density at radius 2 is 1.82 bits per heavy atom. The largest absolute Gasteiger partial charge is 0.354 e. The van der Waals surface area contributed by atoms with E-state index in [1.807, 2.05) is 31.2 Å². The highest BCUT2D eigenvalue weighted by atomic mass is 16.2. The third kappa shape index (κ3) is 5.90. The molecule has 1 aliphatic rings. The molecule has 0 aliphatic heterocycles. The Morgan fingerprint density at radius 3 is 2.45 bits per heavy atom. The quantitative estimate of drug-likeness (QED) is 0.465. The number of ketones is 1. The van der Waals surface area contributed by atoms with Crippen LogP contribution < -0.4 is 16.4 Å². The van der Waals surface area contributed by atoms with Crippen LogP contribution in [0.1, 0.15) is 89.7 Å². The first-order valence-corrected chi connectivity index (χ1v) is 11.8. The normalized spacial score (nSPS) is 15.6. The molecule has 5 N–H and O–H groups in total. The van der Waals surface area contributed by atoms with Gasteiger partial charge in [-0.1, -0.05) is 57.9 Å². The second-order valence-corrected chi connectivity index (χ2v) is 9.83. The number of carbonyl (C=O) groups excluding carboxylic acids is 3. The highest BCUT2D eigenvalue weighted by molar-refractivity contribution is 6.05. The first kappa shape index (κ1) is 24.7. The third-order valence-electron chi connectivity index (χ3n) is 6.32. The smallest absolute Gasteiger partial charge is 0.268 e. The van der Waals surface area contributed by atoms with E-state index in [2.05, 4.69) is 29.5 Å². The number of fused-ring (bicyclic) bond motifs is 1. The summed E-state index contributed by atoms with van der Waals surface area (Å²) < 4.78 is 0. The number of H-pyrrole nitrogens is 1. The lowest BCUT2D eigenvalue weighted by atomic mass is 9.75. The zero-order valence-corrected chi connectivity index (χ0v) is 20.1. The van der Waals surface area contributed by atoms with Crippen molar-refractivity contribution in [3.8, 4) is 0 Å². The Hall–Kier alpha value is -2.93. The molecule has 33 heavy (non-hydrogen) atoms. The van der Waals surface area contributed by atoms with E-state index in [1.54, 1.807) is 6.92 Å². The number of nitrogens with two attached hydrogens (primary N) is 1. The van der Waals surface area contributed by atoms with Gasteiger partial charge in [0.15, 0.2) is 5.78 Å². The average Bonchev–Trinajstić information content (AvgIpc) is 3.10. The maximum Gasteiger partial charge on any atom is 0.268 e. The van der Waals surface area contributed by atoms with Gasteiger partial charge in [0.25, 0.3) is 5.91 Å². The number of aromatic amines is 1. The molecule has 1 aromatic carbocycles. The number of benzene rings is 1. The van der Waals surface area contributed by atoms with Crippen LogP contribution in [0.3, 0.4) is 0 Å². The fraction of sp³-hybridized carbons (Fsp3) is 0.500. The first-order valence-electron chi connectivity index (χ1n) is 11.8. The van der Waals surface area contributed by atoms with Gasteiger partial charge in [-0.25, -0.2) is 0 Å². The molecule has 178 valence electrons. The molecule has 1 heterocycles. The Labute approximate surface area is 195 Å². The van der Waals surface area contributed by atoms with Crippen LogP contribution in [0.15, 0.2) is 24.3 Å².